The van der Waals surface area contributed by atoms with Crippen LogP contribution in [0.25, 0.3) is 16.7 Å². The minimum Gasteiger partial charge on any atom is -0.302 e. The predicted molar refractivity (Wildman–Crippen MR) is 79.5 cm³/mol. The minimum atomic E-state index is 0.663. The lowest BCUT2D eigenvalue weighted by Crippen LogP contribution is -2.12. The van der Waals surface area contributed by atoms with E-state index >= 15 is 0 Å². The van der Waals surface area contributed by atoms with Gasteiger partial charge in [-0.05, 0) is 25.0 Å². The summed E-state index contributed by atoms with van der Waals surface area (Å²) in [7, 11) is 0. The molecule has 1 fully saturated rings. The average molecular weight is 305 g/mol. The Kier molecular flexibility index (Phi) is 3.50. The van der Waals surface area contributed by atoms with E-state index in [-0.39, 0.29) is 0 Å². The average Bonchev–Trinajstić information content (AvgIpc) is 2.85. The van der Waals surface area contributed by atoms with Crippen molar-refractivity contribution in [3.05, 3.63) is 35.6 Å². The van der Waals surface area contributed by atoms with E-state index in [9.17, 15) is 0 Å². The number of rotatable bonds is 2. The molecule has 0 radical (unpaired) electrons. The quantitative estimate of drug-likeness (QED) is 0.778. The maximum absolute atomic E-state index is 4.48. The number of para-hydroxylation sites is 2. The molecule has 1 heterocycles. The molecule has 0 atom stereocenters. The van der Waals surface area contributed by atoms with Crippen molar-refractivity contribution in [2.45, 2.75) is 32.1 Å². The Bertz CT molecular complexity index is 565. The highest BCUT2D eigenvalue weighted by Gasteiger charge is 2.20. The Hall–Kier alpha value is -1.09. The fraction of sp³-hybridized carbons (Fsp3) is 0.400. The number of hydrogen-bond acceptors (Lipinski definition) is 1. The normalized spacial score (nSPS) is 18.4. The van der Waals surface area contributed by atoms with Gasteiger partial charge < -0.3 is 4.57 Å². The lowest BCUT2D eigenvalue weighted by molar-refractivity contribution is 0.421. The van der Waals surface area contributed by atoms with E-state index < -0.39 is 0 Å². The predicted octanol–water partition coefficient (Wildman–Crippen LogP) is 4.81. The van der Waals surface area contributed by atoms with Crippen molar-refractivity contribution < 1.29 is 0 Å². The van der Waals surface area contributed by atoms with E-state index in [0.717, 1.165) is 5.52 Å². The standard InChI is InChI=1S/C15H17BrN2/c16-10-15(12-6-2-1-3-7-12)18-11-17-13-8-4-5-9-14(13)18/h4-5,8-12H,1-3,6-7H2/b15-10-. The lowest BCUT2D eigenvalue weighted by atomic mass is 9.87. The van der Waals surface area contributed by atoms with Crippen LogP contribution in [0.3, 0.4) is 0 Å². The topological polar surface area (TPSA) is 17.8 Å². The highest BCUT2D eigenvalue weighted by Crippen LogP contribution is 2.34. The van der Waals surface area contributed by atoms with Gasteiger partial charge in [0, 0.05) is 16.6 Å². The van der Waals surface area contributed by atoms with Crippen molar-refractivity contribution in [3.8, 4) is 0 Å². The van der Waals surface area contributed by atoms with Gasteiger partial charge in [-0.15, -0.1) is 0 Å². The first-order valence-corrected chi connectivity index (χ1v) is 7.54. The van der Waals surface area contributed by atoms with Gasteiger partial charge in [-0.2, -0.15) is 0 Å². The number of fused-ring (bicyclic) bond motifs is 1. The Morgan fingerprint density at radius 1 is 1.22 bits per heavy atom. The Labute approximate surface area is 116 Å². The molecule has 1 aromatic carbocycles. The fourth-order valence-corrected chi connectivity index (χ4v) is 3.50. The summed E-state index contributed by atoms with van der Waals surface area (Å²) in [4.78, 5) is 6.56. The van der Waals surface area contributed by atoms with E-state index in [0.29, 0.717) is 5.92 Å². The number of benzene rings is 1. The molecule has 1 aliphatic rings. The van der Waals surface area contributed by atoms with Crippen molar-refractivity contribution in [3.63, 3.8) is 0 Å². The fourth-order valence-electron chi connectivity index (χ4n) is 2.90. The molecule has 3 heteroatoms. The van der Waals surface area contributed by atoms with Gasteiger partial charge in [-0.25, -0.2) is 4.98 Å². The maximum atomic E-state index is 4.48. The van der Waals surface area contributed by atoms with Crippen LogP contribution in [0, 0.1) is 5.92 Å². The van der Waals surface area contributed by atoms with Crippen molar-refractivity contribution in [2.24, 2.45) is 5.92 Å². The molecular formula is C15H17BrN2. The van der Waals surface area contributed by atoms with Crippen LogP contribution in [0.5, 0.6) is 0 Å². The van der Waals surface area contributed by atoms with E-state index in [1.165, 1.54) is 43.3 Å². The third-order valence-electron chi connectivity index (χ3n) is 3.87. The van der Waals surface area contributed by atoms with E-state index in [2.05, 4.69) is 48.7 Å². The largest absolute Gasteiger partial charge is 0.302 e. The molecule has 2 nitrogen and oxygen atoms in total. The zero-order valence-electron chi connectivity index (χ0n) is 10.3. The summed E-state index contributed by atoms with van der Waals surface area (Å²) in [5.74, 6) is 0.663. The van der Waals surface area contributed by atoms with Crippen molar-refractivity contribution in [2.75, 3.05) is 0 Å². The molecule has 0 amide bonds. The van der Waals surface area contributed by atoms with Crippen LogP contribution >= 0.6 is 15.9 Å². The lowest BCUT2D eigenvalue weighted by Gasteiger charge is -2.25. The summed E-state index contributed by atoms with van der Waals surface area (Å²) in [6.07, 6.45) is 8.63. The smallest absolute Gasteiger partial charge is 0.100 e. The highest BCUT2D eigenvalue weighted by molar-refractivity contribution is 9.11. The zero-order valence-corrected chi connectivity index (χ0v) is 11.9. The first kappa shape index (κ1) is 12.0. The van der Waals surface area contributed by atoms with E-state index in [1.54, 1.807) is 0 Å². The molecule has 0 N–H and O–H groups in total. The Morgan fingerprint density at radius 3 is 2.78 bits per heavy atom. The molecule has 0 unspecified atom stereocenters. The Morgan fingerprint density at radius 2 is 2.00 bits per heavy atom. The molecule has 1 saturated carbocycles. The maximum Gasteiger partial charge on any atom is 0.100 e. The SMILES string of the molecule is Br/C=C(/C1CCCCC1)n1cnc2ccccc21. The van der Waals surface area contributed by atoms with Crippen LogP contribution in [0.2, 0.25) is 0 Å². The number of aromatic nitrogens is 2. The summed E-state index contributed by atoms with van der Waals surface area (Å²) in [5, 5.41) is 0. The third kappa shape index (κ3) is 2.12. The number of halogens is 1. The molecule has 0 bridgehead atoms. The van der Waals surface area contributed by atoms with Crippen molar-refractivity contribution in [1.29, 1.82) is 0 Å². The van der Waals surface area contributed by atoms with E-state index in [4.69, 9.17) is 0 Å². The number of hydrogen-bond donors (Lipinski definition) is 0. The summed E-state index contributed by atoms with van der Waals surface area (Å²) >= 11 is 3.55. The van der Waals surface area contributed by atoms with Gasteiger partial charge in [0.25, 0.3) is 0 Å². The molecule has 2 aromatic rings. The van der Waals surface area contributed by atoms with Crippen LogP contribution in [0.1, 0.15) is 32.1 Å². The summed E-state index contributed by atoms with van der Waals surface area (Å²) in [6, 6.07) is 8.32. The summed E-state index contributed by atoms with van der Waals surface area (Å²) in [5.41, 5.74) is 3.62. The van der Waals surface area contributed by atoms with Gasteiger partial charge in [0.2, 0.25) is 0 Å². The van der Waals surface area contributed by atoms with Gasteiger partial charge >= 0.3 is 0 Å². The number of imidazole rings is 1. The third-order valence-corrected chi connectivity index (χ3v) is 4.34. The second kappa shape index (κ2) is 5.27. The van der Waals surface area contributed by atoms with Gasteiger partial charge in [-0.1, -0.05) is 47.3 Å². The van der Waals surface area contributed by atoms with Gasteiger partial charge in [0.1, 0.15) is 6.33 Å². The molecule has 0 saturated heterocycles. The summed E-state index contributed by atoms with van der Waals surface area (Å²) in [6.45, 7) is 0. The first-order chi connectivity index (χ1) is 8.90. The number of allylic oxidation sites excluding steroid dienone is 1. The molecular weight excluding hydrogens is 288 g/mol. The first-order valence-electron chi connectivity index (χ1n) is 6.63. The van der Waals surface area contributed by atoms with Crippen molar-refractivity contribution in [1.82, 2.24) is 9.55 Å². The van der Waals surface area contributed by atoms with Crippen molar-refractivity contribution >= 4 is 32.7 Å². The second-order valence-corrected chi connectivity index (χ2v) is 5.43. The van der Waals surface area contributed by atoms with Gasteiger partial charge in [0.15, 0.2) is 0 Å². The van der Waals surface area contributed by atoms with E-state index in [1.807, 2.05) is 12.4 Å². The van der Waals surface area contributed by atoms with Crippen LogP contribution in [0.4, 0.5) is 0 Å². The molecule has 3 rings (SSSR count). The Balaban J connectivity index is 2.01. The molecule has 0 aliphatic heterocycles. The molecule has 1 aromatic heterocycles. The second-order valence-electron chi connectivity index (χ2n) is 4.97. The number of nitrogens with zero attached hydrogens (tertiary/aromatic N) is 2. The molecule has 18 heavy (non-hydrogen) atoms. The molecule has 0 spiro atoms. The van der Waals surface area contributed by atoms with Gasteiger partial charge in [-0.3, -0.25) is 0 Å². The summed E-state index contributed by atoms with van der Waals surface area (Å²) < 4.78 is 2.24. The van der Waals surface area contributed by atoms with Crippen LogP contribution in [-0.2, 0) is 0 Å². The van der Waals surface area contributed by atoms with Crippen LogP contribution in [0.15, 0.2) is 35.6 Å². The monoisotopic (exact) mass is 304 g/mol. The minimum absolute atomic E-state index is 0.663. The zero-order chi connectivity index (χ0) is 12.4. The van der Waals surface area contributed by atoms with Gasteiger partial charge in [0.05, 0.1) is 11.0 Å². The van der Waals surface area contributed by atoms with Crippen LogP contribution in [-0.4, -0.2) is 9.55 Å². The highest BCUT2D eigenvalue weighted by atomic mass is 79.9. The molecule has 94 valence electrons. The molecule has 1 aliphatic carbocycles. The van der Waals surface area contributed by atoms with Crippen LogP contribution < -0.4 is 0 Å².